The monoisotopic (exact) mass is 232 g/mol. The highest BCUT2D eigenvalue weighted by Crippen LogP contribution is 2.30. The number of nitrogens with zero attached hydrogens (tertiary/aromatic N) is 3. The van der Waals surface area contributed by atoms with Crippen LogP contribution in [0.3, 0.4) is 0 Å². The molecule has 0 bridgehead atoms. The van der Waals surface area contributed by atoms with Gasteiger partial charge in [0.05, 0.1) is 16.2 Å². The molecule has 2 heterocycles. The molecule has 0 aromatic carbocycles. The minimum absolute atomic E-state index is 0.508. The molecular weight excluding hydrogens is 220 g/mol. The Kier molecular flexibility index (Phi) is 2.32. The molecule has 0 saturated carbocycles. The van der Waals surface area contributed by atoms with Gasteiger partial charge in [0, 0.05) is 5.69 Å². The van der Waals surface area contributed by atoms with Crippen LogP contribution in [0.15, 0.2) is 6.07 Å². The standard InChI is InChI=1S/C11H12N4S/c1-6-7(11(2,3)5-12)4-8-9(14-6)15-10(13)16-8/h4H,1-3H3,(H2,13,14,15). The van der Waals surface area contributed by atoms with Crippen molar-refractivity contribution in [2.24, 2.45) is 0 Å². The lowest BCUT2D eigenvalue weighted by atomic mass is 9.85. The summed E-state index contributed by atoms with van der Waals surface area (Å²) in [7, 11) is 0. The van der Waals surface area contributed by atoms with Crippen molar-refractivity contribution in [3.63, 3.8) is 0 Å². The highest BCUT2D eigenvalue weighted by Gasteiger charge is 2.23. The van der Waals surface area contributed by atoms with Gasteiger partial charge in [-0.25, -0.2) is 9.97 Å². The third kappa shape index (κ3) is 1.61. The van der Waals surface area contributed by atoms with Crippen LogP contribution < -0.4 is 5.73 Å². The van der Waals surface area contributed by atoms with E-state index >= 15 is 0 Å². The summed E-state index contributed by atoms with van der Waals surface area (Å²) in [6.07, 6.45) is 0. The molecule has 2 rings (SSSR count). The number of thiazole rings is 1. The molecule has 16 heavy (non-hydrogen) atoms. The van der Waals surface area contributed by atoms with Gasteiger partial charge in [-0.2, -0.15) is 5.26 Å². The van der Waals surface area contributed by atoms with Crippen LogP contribution in [0.25, 0.3) is 10.3 Å². The second-order valence-electron chi connectivity index (χ2n) is 4.23. The first-order valence-electron chi connectivity index (χ1n) is 4.89. The predicted octanol–water partition coefficient (Wildman–Crippen LogP) is 2.38. The van der Waals surface area contributed by atoms with Crippen LogP contribution in [0.5, 0.6) is 0 Å². The van der Waals surface area contributed by atoms with E-state index in [1.807, 2.05) is 26.8 Å². The van der Waals surface area contributed by atoms with E-state index in [1.54, 1.807) is 0 Å². The third-order valence-corrected chi connectivity index (χ3v) is 3.36. The zero-order chi connectivity index (χ0) is 11.9. The largest absolute Gasteiger partial charge is 0.375 e. The molecule has 0 saturated heterocycles. The minimum Gasteiger partial charge on any atom is -0.375 e. The number of nitrogens with two attached hydrogens (primary N) is 1. The van der Waals surface area contributed by atoms with Crippen LogP contribution in [-0.2, 0) is 5.41 Å². The zero-order valence-corrected chi connectivity index (χ0v) is 10.2. The average Bonchev–Trinajstić information content (AvgIpc) is 2.56. The molecule has 0 amide bonds. The van der Waals surface area contributed by atoms with Crippen molar-refractivity contribution < 1.29 is 0 Å². The zero-order valence-electron chi connectivity index (χ0n) is 9.40. The van der Waals surface area contributed by atoms with E-state index in [-0.39, 0.29) is 0 Å². The smallest absolute Gasteiger partial charge is 0.182 e. The summed E-state index contributed by atoms with van der Waals surface area (Å²) in [6, 6.07) is 4.25. The summed E-state index contributed by atoms with van der Waals surface area (Å²) >= 11 is 1.40. The van der Waals surface area contributed by atoms with Gasteiger partial charge in [-0.15, -0.1) is 0 Å². The molecule has 0 atom stereocenters. The number of nitriles is 1. The maximum absolute atomic E-state index is 9.13. The fourth-order valence-electron chi connectivity index (χ4n) is 1.66. The van der Waals surface area contributed by atoms with Gasteiger partial charge in [0.15, 0.2) is 10.8 Å². The van der Waals surface area contributed by atoms with Gasteiger partial charge >= 0.3 is 0 Å². The number of nitrogen functional groups attached to an aromatic ring is 1. The lowest BCUT2D eigenvalue weighted by Gasteiger charge is -2.17. The van der Waals surface area contributed by atoms with E-state index in [0.717, 1.165) is 16.0 Å². The van der Waals surface area contributed by atoms with E-state index in [2.05, 4.69) is 16.0 Å². The molecule has 0 fully saturated rings. The first-order valence-corrected chi connectivity index (χ1v) is 5.71. The Morgan fingerprint density at radius 2 is 2.12 bits per heavy atom. The summed E-state index contributed by atoms with van der Waals surface area (Å²) in [6.45, 7) is 5.66. The van der Waals surface area contributed by atoms with E-state index in [9.17, 15) is 0 Å². The topological polar surface area (TPSA) is 75.6 Å². The van der Waals surface area contributed by atoms with Gasteiger partial charge in [-0.3, -0.25) is 0 Å². The Hall–Kier alpha value is -1.67. The third-order valence-electron chi connectivity index (χ3n) is 2.54. The van der Waals surface area contributed by atoms with E-state index in [1.165, 1.54) is 11.3 Å². The number of aromatic nitrogens is 2. The lowest BCUT2D eigenvalue weighted by molar-refractivity contribution is 0.677. The molecule has 5 heteroatoms. The number of hydrogen-bond donors (Lipinski definition) is 1. The fourth-order valence-corrected chi connectivity index (χ4v) is 2.38. The second-order valence-corrected chi connectivity index (χ2v) is 5.29. The molecule has 0 aliphatic rings. The Labute approximate surface area is 97.7 Å². The van der Waals surface area contributed by atoms with Gasteiger partial charge in [0.1, 0.15) is 0 Å². The molecule has 2 aromatic rings. The van der Waals surface area contributed by atoms with Gasteiger partial charge < -0.3 is 5.73 Å². The van der Waals surface area contributed by atoms with Crippen LogP contribution in [0.2, 0.25) is 0 Å². The van der Waals surface area contributed by atoms with Crippen LogP contribution in [0.1, 0.15) is 25.1 Å². The highest BCUT2D eigenvalue weighted by atomic mass is 32.1. The molecular formula is C11H12N4S. The van der Waals surface area contributed by atoms with Crippen molar-refractivity contribution in [3.8, 4) is 6.07 Å². The molecule has 0 spiro atoms. The van der Waals surface area contributed by atoms with Gasteiger partial charge in [-0.1, -0.05) is 11.3 Å². The van der Waals surface area contributed by atoms with Crippen molar-refractivity contribution in [1.82, 2.24) is 9.97 Å². The van der Waals surface area contributed by atoms with E-state index < -0.39 is 5.41 Å². The molecule has 82 valence electrons. The van der Waals surface area contributed by atoms with E-state index in [4.69, 9.17) is 11.0 Å². The van der Waals surface area contributed by atoms with Crippen molar-refractivity contribution in [3.05, 3.63) is 17.3 Å². The van der Waals surface area contributed by atoms with Crippen LogP contribution in [0, 0.1) is 18.3 Å². The minimum atomic E-state index is -0.538. The number of hydrogen-bond acceptors (Lipinski definition) is 5. The molecule has 0 aliphatic heterocycles. The van der Waals surface area contributed by atoms with Crippen LogP contribution >= 0.6 is 11.3 Å². The number of pyridine rings is 1. The van der Waals surface area contributed by atoms with Crippen molar-refractivity contribution >= 4 is 26.8 Å². The molecule has 2 N–H and O–H groups in total. The maximum atomic E-state index is 9.13. The molecule has 2 aromatic heterocycles. The van der Waals surface area contributed by atoms with Gasteiger partial charge in [0.25, 0.3) is 0 Å². The van der Waals surface area contributed by atoms with Crippen LogP contribution in [-0.4, -0.2) is 9.97 Å². The predicted molar refractivity (Wildman–Crippen MR) is 65.2 cm³/mol. The van der Waals surface area contributed by atoms with Gasteiger partial charge in [-0.05, 0) is 32.4 Å². The fraction of sp³-hybridized carbons (Fsp3) is 0.364. The number of anilines is 1. The Morgan fingerprint density at radius 1 is 1.44 bits per heavy atom. The summed E-state index contributed by atoms with van der Waals surface area (Å²) in [4.78, 5) is 8.50. The second kappa shape index (κ2) is 3.42. The highest BCUT2D eigenvalue weighted by molar-refractivity contribution is 7.22. The SMILES string of the molecule is Cc1nc2nc(N)sc2cc1C(C)(C)C#N. The first-order chi connectivity index (χ1) is 7.44. The number of rotatable bonds is 1. The van der Waals surface area contributed by atoms with E-state index in [0.29, 0.717) is 10.8 Å². The van der Waals surface area contributed by atoms with Crippen molar-refractivity contribution in [1.29, 1.82) is 5.26 Å². The molecule has 0 unspecified atom stereocenters. The van der Waals surface area contributed by atoms with Crippen molar-refractivity contribution in [2.45, 2.75) is 26.2 Å². The maximum Gasteiger partial charge on any atom is 0.182 e. The molecule has 0 aliphatic carbocycles. The summed E-state index contributed by atoms with van der Waals surface area (Å²) < 4.78 is 0.932. The lowest BCUT2D eigenvalue weighted by Crippen LogP contribution is -2.16. The summed E-state index contributed by atoms with van der Waals surface area (Å²) in [5.74, 6) is 0. The Morgan fingerprint density at radius 3 is 2.75 bits per heavy atom. The number of fused-ring (bicyclic) bond motifs is 1. The van der Waals surface area contributed by atoms with Gasteiger partial charge in [0.2, 0.25) is 0 Å². The summed E-state index contributed by atoms with van der Waals surface area (Å²) in [5, 5.41) is 9.64. The summed E-state index contributed by atoms with van der Waals surface area (Å²) in [5.41, 5.74) is 7.53. The normalized spacial score (nSPS) is 11.6. The quantitative estimate of drug-likeness (QED) is 0.819. The average molecular weight is 232 g/mol. The molecule has 0 radical (unpaired) electrons. The van der Waals surface area contributed by atoms with Crippen molar-refractivity contribution in [2.75, 3.05) is 5.73 Å². The first kappa shape index (κ1) is 10.8. The van der Waals surface area contributed by atoms with Crippen LogP contribution in [0.4, 0.5) is 5.13 Å². The Balaban J connectivity index is 2.72. The Bertz CT molecular complexity index is 592. The molecule has 4 nitrogen and oxygen atoms in total. The number of aryl methyl sites for hydroxylation is 1.